The molecular weight excluding hydrogens is 462 g/mol. The van der Waals surface area contributed by atoms with Crippen LogP contribution in [0.4, 0.5) is 0 Å². The Labute approximate surface area is 207 Å². The minimum absolute atomic E-state index is 0.114. The van der Waals surface area contributed by atoms with E-state index in [1.807, 2.05) is 32.3 Å². The highest BCUT2D eigenvalue weighted by atomic mass is 16.5. The fourth-order valence-corrected chi connectivity index (χ4v) is 4.35. The van der Waals surface area contributed by atoms with E-state index in [4.69, 9.17) is 9.47 Å². The second-order valence-electron chi connectivity index (χ2n) is 8.48. The van der Waals surface area contributed by atoms with Gasteiger partial charge in [-0.15, -0.1) is 0 Å². The lowest BCUT2D eigenvalue weighted by Gasteiger charge is -2.11. The Morgan fingerprint density at radius 3 is 2.42 bits per heavy atom. The zero-order chi connectivity index (χ0) is 26.0. The third kappa shape index (κ3) is 4.74. The lowest BCUT2D eigenvalue weighted by atomic mass is 10.1. The van der Waals surface area contributed by atoms with E-state index in [0.717, 1.165) is 34.0 Å². The molecule has 0 atom stereocenters. The number of fused-ring (bicyclic) bond motifs is 1. The first kappa shape index (κ1) is 24.8. The van der Waals surface area contributed by atoms with Crippen molar-refractivity contribution in [2.75, 3.05) is 13.7 Å². The normalized spacial score (nSPS) is 11.0. The average molecular weight is 490 g/mol. The summed E-state index contributed by atoms with van der Waals surface area (Å²) in [6.45, 7) is 7.14. The van der Waals surface area contributed by atoms with E-state index in [1.165, 1.54) is 13.4 Å². The number of benzene rings is 1. The van der Waals surface area contributed by atoms with E-state index in [9.17, 15) is 14.4 Å². The molecule has 0 aliphatic heterocycles. The third-order valence-corrected chi connectivity index (χ3v) is 6.21. The van der Waals surface area contributed by atoms with Crippen LogP contribution in [0.15, 0.2) is 36.7 Å². The molecular formula is C26H27N5O5. The molecule has 0 aliphatic carbocycles. The van der Waals surface area contributed by atoms with Crippen LogP contribution in [0, 0.1) is 27.7 Å². The summed E-state index contributed by atoms with van der Waals surface area (Å²) in [5, 5.41) is 4.15. The van der Waals surface area contributed by atoms with Crippen molar-refractivity contribution in [2.45, 2.75) is 40.5 Å². The summed E-state index contributed by atoms with van der Waals surface area (Å²) in [6.07, 6.45) is 1.97. The third-order valence-electron chi connectivity index (χ3n) is 6.21. The molecule has 0 radical (unpaired) electrons. The first-order chi connectivity index (χ1) is 17.2. The Balaban J connectivity index is 1.40. The van der Waals surface area contributed by atoms with Gasteiger partial charge in [-0.3, -0.25) is 9.59 Å². The van der Waals surface area contributed by atoms with Gasteiger partial charge in [0.05, 0.1) is 12.7 Å². The van der Waals surface area contributed by atoms with Crippen LogP contribution in [0.25, 0.3) is 11.5 Å². The summed E-state index contributed by atoms with van der Waals surface area (Å²) in [6, 6.07) is 8.68. The molecule has 0 bridgehead atoms. The van der Waals surface area contributed by atoms with Gasteiger partial charge < -0.3 is 14.0 Å². The lowest BCUT2D eigenvalue weighted by molar-refractivity contribution is -0.142. The zero-order valence-corrected chi connectivity index (χ0v) is 20.9. The second kappa shape index (κ2) is 10.1. The van der Waals surface area contributed by atoms with Crippen molar-refractivity contribution in [1.29, 1.82) is 0 Å². The highest BCUT2D eigenvalue weighted by Crippen LogP contribution is 2.22. The molecule has 0 fully saturated rings. The van der Waals surface area contributed by atoms with Crippen LogP contribution in [0.5, 0.6) is 0 Å². The number of nitrogens with zero attached hydrogens (tertiary/aromatic N) is 5. The van der Waals surface area contributed by atoms with Gasteiger partial charge in [0.15, 0.2) is 6.61 Å². The maximum Gasteiger partial charge on any atom is 0.337 e. The van der Waals surface area contributed by atoms with Crippen LogP contribution in [0.2, 0.25) is 0 Å². The van der Waals surface area contributed by atoms with Crippen LogP contribution in [0.3, 0.4) is 0 Å². The van der Waals surface area contributed by atoms with Crippen molar-refractivity contribution in [3.63, 3.8) is 0 Å². The fourth-order valence-electron chi connectivity index (χ4n) is 4.35. The molecule has 10 nitrogen and oxygen atoms in total. The molecule has 0 unspecified atom stereocenters. The second-order valence-corrected chi connectivity index (χ2v) is 8.48. The number of aromatic nitrogens is 5. The number of ketones is 1. The molecule has 0 aliphatic rings. The van der Waals surface area contributed by atoms with Gasteiger partial charge in [0.2, 0.25) is 5.78 Å². The van der Waals surface area contributed by atoms with Crippen molar-refractivity contribution in [3.05, 3.63) is 76.1 Å². The number of ether oxygens (including phenoxy) is 2. The summed E-state index contributed by atoms with van der Waals surface area (Å²) in [7, 11) is 1.33. The molecule has 0 saturated heterocycles. The number of methoxy groups -OCH3 is 1. The van der Waals surface area contributed by atoms with E-state index < -0.39 is 11.9 Å². The average Bonchev–Trinajstić information content (AvgIpc) is 3.45. The van der Waals surface area contributed by atoms with Gasteiger partial charge in [-0.05, 0) is 70.0 Å². The molecule has 0 N–H and O–H groups in total. The van der Waals surface area contributed by atoms with Gasteiger partial charge >= 0.3 is 11.9 Å². The van der Waals surface area contributed by atoms with Gasteiger partial charge in [-0.1, -0.05) is 0 Å². The van der Waals surface area contributed by atoms with Crippen molar-refractivity contribution >= 4 is 23.5 Å². The summed E-state index contributed by atoms with van der Waals surface area (Å²) in [4.78, 5) is 45.5. The molecule has 186 valence electrons. The summed E-state index contributed by atoms with van der Waals surface area (Å²) in [5.74, 6) is -0.653. The standard InChI is InChI=1S/C26H27N5O5/c1-15-12-22(17(3)30(15)20-8-6-19(7-9-20)25(34)35-5)23(32)13-36-24(33)11-10-21-16(2)29-26-27-14-28-31(26)18(21)4/h6-9,12,14H,10-11,13H2,1-5H3. The molecule has 0 saturated carbocycles. The van der Waals surface area contributed by atoms with Gasteiger partial charge in [-0.2, -0.15) is 10.1 Å². The Hall–Kier alpha value is -4.34. The minimum atomic E-state index is -0.465. The van der Waals surface area contributed by atoms with E-state index in [2.05, 4.69) is 15.1 Å². The number of carbonyl (C=O) groups excluding carboxylic acids is 3. The van der Waals surface area contributed by atoms with Gasteiger partial charge in [-0.25, -0.2) is 14.3 Å². The quantitative estimate of drug-likeness (QED) is 0.273. The Kier molecular flexibility index (Phi) is 6.96. The molecule has 3 aromatic heterocycles. The van der Waals surface area contributed by atoms with Crippen LogP contribution >= 0.6 is 0 Å². The van der Waals surface area contributed by atoms with Gasteiger partial charge in [0.1, 0.15) is 6.33 Å². The first-order valence-corrected chi connectivity index (χ1v) is 11.4. The maximum absolute atomic E-state index is 12.9. The van der Waals surface area contributed by atoms with E-state index >= 15 is 0 Å². The Morgan fingerprint density at radius 2 is 1.72 bits per heavy atom. The minimum Gasteiger partial charge on any atom is -0.465 e. The monoisotopic (exact) mass is 489 g/mol. The number of aryl methyl sites for hydroxylation is 3. The predicted molar refractivity (Wildman–Crippen MR) is 130 cm³/mol. The Morgan fingerprint density at radius 1 is 1.00 bits per heavy atom. The van der Waals surface area contributed by atoms with E-state index in [0.29, 0.717) is 23.3 Å². The van der Waals surface area contributed by atoms with Crippen LogP contribution in [0.1, 0.15) is 55.5 Å². The number of carbonyl (C=O) groups is 3. The summed E-state index contributed by atoms with van der Waals surface area (Å²) >= 11 is 0. The smallest absolute Gasteiger partial charge is 0.337 e. The van der Waals surface area contributed by atoms with Gasteiger partial charge in [0, 0.05) is 40.4 Å². The molecule has 36 heavy (non-hydrogen) atoms. The molecule has 0 amide bonds. The fraction of sp³-hybridized carbons (Fsp3) is 0.308. The zero-order valence-electron chi connectivity index (χ0n) is 20.9. The highest BCUT2D eigenvalue weighted by Gasteiger charge is 2.19. The number of hydrogen-bond acceptors (Lipinski definition) is 8. The predicted octanol–water partition coefficient (Wildman–Crippen LogP) is 3.29. The lowest BCUT2D eigenvalue weighted by Crippen LogP contribution is -2.16. The largest absolute Gasteiger partial charge is 0.465 e. The van der Waals surface area contributed by atoms with Crippen molar-refractivity contribution in [1.82, 2.24) is 24.1 Å². The van der Waals surface area contributed by atoms with Crippen LogP contribution in [-0.4, -0.2) is 55.6 Å². The number of Topliss-reactive ketones (excluding diaryl/α,β-unsaturated/α-hetero) is 1. The van der Waals surface area contributed by atoms with Crippen molar-refractivity contribution in [3.8, 4) is 5.69 Å². The first-order valence-electron chi connectivity index (χ1n) is 11.4. The summed E-state index contributed by atoms with van der Waals surface area (Å²) in [5.41, 5.74) is 5.83. The number of esters is 2. The van der Waals surface area contributed by atoms with Crippen LogP contribution in [-0.2, 0) is 20.7 Å². The highest BCUT2D eigenvalue weighted by molar-refractivity contribution is 5.99. The van der Waals surface area contributed by atoms with Crippen molar-refractivity contribution in [2.24, 2.45) is 0 Å². The summed E-state index contributed by atoms with van der Waals surface area (Å²) < 4.78 is 13.6. The number of hydrogen-bond donors (Lipinski definition) is 0. The van der Waals surface area contributed by atoms with E-state index in [1.54, 1.807) is 34.8 Å². The van der Waals surface area contributed by atoms with Crippen LogP contribution < -0.4 is 0 Å². The molecule has 0 spiro atoms. The molecule has 4 aromatic rings. The molecule has 3 heterocycles. The Bertz CT molecular complexity index is 1470. The topological polar surface area (TPSA) is 118 Å². The molecule has 1 aromatic carbocycles. The molecule has 10 heteroatoms. The number of rotatable bonds is 8. The SMILES string of the molecule is COC(=O)c1ccc(-n2c(C)cc(C(=O)COC(=O)CCc3c(C)nc4ncnn4c3C)c2C)cc1. The van der Waals surface area contributed by atoms with Gasteiger partial charge in [0.25, 0.3) is 5.78 Å². The molecule has 4 rings (SSSR count). The maximum atomic E-state index is 12.9. The van der Waals surface area contributed by atoms with E-state index in [-0.39, 0.29) is 18.8 Å². The van der Waals surface area contributed by atoms with Crippen molar-refractivity contribution < 1.29 is 23.9 Å².